The molecule has 2 N–H and O–H groups in total. The highest BCUT2D eigenvalue weighted by atomic mass is 16.4. The third-order valence-corrected chi connectivity index (χ3v) is 3.26. The van der Waals surface area contributed by atoms with Crippen molar-refractivity contribution in [2.45, 2.75) is 32.2 Å². The maximum atomic E-state index is 12.2. The van der Waals surface area contributed by atoms with Gasteiger partial charge in [-0.3, -0.25) is 9.59 Å². The van der Waals surface area contributed by atoms with Gasteiger partial charge in [-0.2, -0.15) is 5.10 Å². The third kappa shape index (κ3) is 3.30. The summed E-state index contributed by atoms with van der Waals surface area (Å²) in [6, 6.07) is 8.76. The molecule has 0 spiro atoms. The lowest BCUT2D eigenvalue weighted by atomic mass is 10.0. The van der Waals surface area contributed by atoms with Gasteiger partial charge in [0.2, 0.25) is 5.91 Å². The summed E-state index contributed by atoms with van der Waals surface area (Å²) in [4.78, 5) is 35.2. The first-order valence-electron chi connectivity index (χ1n) is 6.82. The van der Waals surface area contributed by atoms with E-state index in [1.165, 1.54) is 18.9 Å². The van der Waals surface area contributed by atoms with Gasteiger partial charge in [0.1, 0.15) is 11.3 Å². The van der Waals surface area contributed by atoms with Crippen LogP contribution >= 0.6 is 0 Å². The van der Waals surface area contributed by atoms with Gasteiger partial charge in [0.25, 0.3) is 5.91 Å². The molecular weight excluding hydrogens is 286 g/mol. The number of hydrogen-bond acceptors (Lipinski definition) is 4. The molecule has 7 heteroatoms. The van der Waals surface area contributed by atoms with Crippen molar-refractivity contribution in [2.24, 2.45) is 5.10 Å². The van der Waals surface area contributed by atoms with E-state index in [4.69, 9.17) is 5.11 Å². The molecule has 7 nitrogen and oxygen atoms in total. The second kappa shape index (κ2) is 5.97. The predicted molar refractivity (Wildman–Crippen MR) is 80.5 cm³/mol. The molecule has 116 valence electrons. The molecule has 22 heavy (non-hydrogen) atoms. The molecule has 1 aliphatic heterocycles. The molecule has 1 heterocycles. The largest absolute Gasteiger partial charge is 0.480 e. The van der Waals surface area contributed by atoms with Gasteiger partial charge in [-0.25, -0.2) is 9.80 Å². The highest BCUT2D eigenvalue weighted by Gasteiger charge is 2.32. The molecule has 0 saturated carbocycles. The van der Waals surface area contributed by atoms with Crippen LogP contribution in [0.3, 0.4) is 0 Å². The molecule has 0 aliphatic carbocycles. The number of carboxylic acids is 1. The number of carbonyl (C=O) groups excluding carboxylic acids is 2. The number of benzene rings is 1. The monoisotopic (exact) mass is 303 g/mol. The number of rotatable bonds is 4. The van der Waals surface area contributed by atoms with E-state index in [-0.39, 0.29) is 24.5 Å². The Morgan fingerprint density at radius 3 is 2.45 bits per heavy atom. The first-order chi connectivity index (χ1) is 10.3. The van der Waals surface area contributed by atoms with E-state index >= 15 is 0 Å². The van der Waals surface area contributed by atoms with Gasteiger partial charge in [0, 0.05) is 12.8 Å². The Balaban J connectivity index is 2.23. The standard InChI is InChI=1S/C15H17N3O4/c1-15(2,14(21)22)16-13(20)11-8-9-12(19)18(17-11)10-6-4-3-5-7-10/h3-7H,8-9H2,1-2H3,(H,16,20)(H,21,22). The van der Waals surface area contributed by atoms with Gasteiger partial charge >= 0.3 is 5.97 Å². The average molecular weight is 303 g/mol. The van der Waals surface area contributed by atoms with Crippen molar-refractivity contribution in [3.63, 3.8) is 0 Å². The van der Waals surface area contributed by atoms with E-state index in [1.807, 2.05) is 6.07 Å². The first kappa shape index (κ1) is 15.7. The molecule has 0 unspecified atom stereocenters. The van der Waals surface area contributed by atoms with Gasteiger partial charge in [0.15, 0.2) is 0 Å². The fraction of sp³-hybridized carbons (Fsp3) is 0.333. The number of hydrazone groups is 1. The molecule has 0 radical (unpaired) electrons. The van der Waals surface area contributed by atoms with Gasteiger partial charge < -0.3 is 10.4 Å². The zero-order valence-electron chi connectivity index (χ0n) is 12.4. The Kier molecular flexibility index (Phi) is 4.25. The minimum atomic E-state index is -1.40. The molecule has 2 amide bonds. The SMILES string of the molecule is CC(C)(NC(=O)C1=NN(c2ccccc2)C(=O)CC1)C(=O)O. The van der Waals surface area contributed by atoms with Crippen LogP contribution in [0.4, 0.5) is 5.69 Å². The van der Waals surface area contributed by atoms with Crippen LogP contribution in [-0.2, 0) is 14.4 Å². The second-order valence-electron chi connectivity index (χ2n) is 5.47. The number of aliphatic carboxylic acids is 1. The summed E-state index contributed by atoms with van der Waals surface area (Å²) >= 11 is 0. The maximum Gasteiger partial charge on any atom is 0.328 e. The molecule has 0 bridgehead atoms. The van der Waals surface area contributed by atoms with E-state index in [2.05, 4.69) is 10.4 Å². The average Bonchev–Trinajstić information content (AvgIpc) is 2.48. The van der Waals surface area contributed by atoms with Crippen molar-refractivity contribution in [1.82, 2.24) is 5.32 Å². The quantitative estimate of drug-likeness (QED) is 0.871. The molecule has 1 aliphatic rings. The smallest absolute Gasteiger partial charge is 0.328 e. The Hall–Kier alpha value is -2.70. The number of anilines is 1. The molecule has 0 fully saturated rings. The van der Waals surface area contributed by atoms with E-state index in [1.54, 1.807) is 24.3 Å². The molecule has 0 saturated heterocycles. The van der Waals surface area contributed by atoms with E-state index in [0.717, 1.165) is 0 Å². The van der Waals surface area contributed by atoms with Crippen molar-refractivity contribution in [3.05, 3.63) is 30.3 Å². The van der Waals surface area contributed by atoms with Gasteiger partial charge in [0.05, 0.1) is 5.69 Å². The van der Waals surface area contributed by atoms with Gasteiger partial charge in [-0.15, -0.1) is 0 Å². The van der Waals surface area contributed by atoms with Crippen molar-refractivity contribution in [2.75, 3.05) is 5.01 Å². The summed E-state index contributed by atoms with van der Waals surface area (Å²) in [6.07, 6.45) is 0.332. The first-order valence-corrected chi connectivity index (χ1v) is 6.82. The topological polar surface area (TPSA) is 99.1 Å². The van der Waals surface area contributed by atoms with Crippen LogP contribution in [0.25, 0.3) is 0 Å². The molecule has 0 aromatic heterocycles. The summed E-state index contributed by atoms with van der Waals surface area (Å²) in [5, 5.41) is 16.7. The Morgan fingerprint density at radius 2 is 1.86 bits per heavy atom. The fourth-order valence-corrected chi connectivity index (χ4v) is 1.90. The lowest BCUT2D eigenvalue weighted by molar-refractivity contribution is -0.145. The number of carboxylic acid groups (broad SMARTS) is 1. The number of para-hydroxylation sites is 1. The number of hydrogen-bond donors (Lipinski definition) is 2. The van der Waals surface area contributed by atoms with Crippen molar-refractivity contribution in [1.29, 1.82) is 0 Å². The minimum absolute atomic E-state index is 0.137. The normalized spacial score (nSPS) is 15.3. The minimum Gasteiger partial charge on any atom is -0.480 e. The number of amides is 2. The zero-order valence-corrected chi connectivity index (χ0v) is 12.4. The van der Waals surface area contributed by atoms with Crippen LogP contribution in [0.15, 0.2) is 35.4 Å². The van der Waals surface area contributed by atoms with Crippen LogP contribution in [0.5, 0.6) is 0 Å². The third-order valence-electron chi connectivity index (χ3n) is 3.26. The maximum absolute atomic E-state index is 12.2. The summed E-state index contributed by atoms with van der Waals surface area (Å²) in [6.45, 7) is 2.77. The fourth-order valence-electron chi connectivity index (χ4n) is 1.90. The zero-order chi connectivity index (χ0) is 16.3. The number of nitrogens with zero attached hydrogens (tertiary/aromatic N) is 2. The summed E-state index contributed by atoms with van der Waals surface area (Å²) < 4.78 is 0. The number of nitrogens with one attached hydrogen (secondary N) is 1. The Morgan fingerprint density at radius 1 is 1.23 bits per heavy atom. The lowest BCUT2D eigenvalue weighted by Crippen LogP contribution is -2.52. The van der Waals surface area contributed by atoms with Crippen LogP contribution in [0.2, 0.25) is 0 Å². The highest BCUT2D eigenvalue weighted by molar-refractivity contribution is 6.40. The molecular formula is C15H17N3O4. The Bertz CT molecular complexity index is 637. The summed E-state index contributed by atoms with van der Waals surface area (Å²) in [5.74, 6) is -1.94. The van der Waals surface area contributed by atoms with Crippen LogP contribution in [0.1, 0.15) is 26.7 Å². The van der Waals surface area contributed by atoms with Crippen LogP contribution in [-0.4, -0.2) is 34.1 Å². The van der Waals surface area contributed by atoms with E-state index < -0.39 is 17.4 Å². The predicted octanol–water partition coefficient (Wildman–Crippen LogP) is 1.15. The van der Waals surface area contributed by atoms with Crippen LogP contribution in [0, 0.1) is 0 Å². The molecule has 1 aromatic carbocycles. The molecule has 0 atom stereocenters. The summed E-state index contributed by atoms with van der Waals surface area (Å²) in [5.41, 5.74) is -0.702. The lowest BCUT2D eigenvalue weighted by Gasteiger charge is -2.25. The van der Waals surface area contributed by atoms with Crippen molar-refractivity contribution in [3.8, 4) is 0 Å². The van der Waals surface area contributed by atoms with Gasteiger partial charge in [-0.05, 0) is 26.0 Å². The van der Waals surface area contributed by atoms with Crippen LogP contribution < -0.4 is 10.3 Å². The molecule has 2 rings (SSSR count). The Labute approximate surface area is 127 Å². The van der Waals surface area contributed by atoms with Gasteiger partial charge in [-0.1, -0.05) is 18.2 Å². The summed E-state index contributed by atoms with van der Waals surface area (Å²) in [7, 11) is 0. The van der Waals surface area contributed by atoms with E-state index in [0.29, 0.717) is 5.69 Å². The second-order valence-corrected chi connectivity index (χ2v) is 5.47. The van der Waals surface area contributed by atoms with Crippen molar-refractivity contribution >= 4 is 29.2 Å². The van der Waals surface area contributed by atoms with E-state index in [9.17, 15) is 14.4 Å². The molecule has 1 aromatic rings. The van der Waals surface area contributed by atoms with Crippen molar-refractivity contribution < 1.29 is 19.5 Å². The highest BCUT2D eigenvalue weighted by Crippen LogP contribution is 2.20. The number of carbonyl (C=O) groups is 3.